The molecule has 1 aromatic heterocycles. The van der Waals surface area contributed by atoms with Crippen LogP contribution in [0.25, 0.3) is 5.69 Å². The number of non-ortho nitro benzene ring substituents is 1. The molecule has 0 spiro atoms. The van der Waals surface area contributed by atoms with Crippen LogP contribution in [-0.4, -0.2) is 41.3 Å². The zero-order valence-corrected chi connectivity index (χ0v) is 19.2. The van der Waals surface area contributed by atoms with Crippen molar-refractivity contribution in [2.24, 2.45) is 5.10 Å². The van der Waals surface area contributed by atoms with Gasteiger partial charge in [-0.25, -0.2) is 10.2 Å². The van der Waals surface area contributed by atoms with Crippen LogP contribution in [0.3, 0.4) is 0 Å². The number of aromatic nitrogens is 1. The summed E-state index contributed by atoms with van der Waals surface area (Å²) in [7, 11) is 1.37. The third kappa shape index (κ3) is 4.96. The molecule has 0 aliphatic rings. The lowest BCUT2D eigenvalue weighted by Gasteiger charge is -2.14. The lowest BCUT2D eigenvalue weighted by Crippen LogP contribution is -2.18. The van der Waals surface area contributed by atoms with Crippen molar-refractivity contribution in [3.8, 4) is 11.4 Å². The zero-order chi connectivity index (χ0) is 24.8. The van der Waals surface area contributed by atoms with Gasteiger partial charge in [-0.3, -0.25) is 14.9 Å². The molecule has 0 fully saturated rings. The Morgan fingerprint density at radius 2 is 1.88 bits per heavy atom. The number of nitro groups is 1. The number of amides is 1. The SMILES string of the molecule is CCOC(=O)c1ccccc1-n1c(C)cc(/C=N\NC(=O)c2cc([N+](=O)[O-])ccc2OC)c1C. The highest BCUT2D eigenvalue weighted by Crippen LogP contribution is 2.25. The van der Waals surface area contributed by atoms with Crippen molar-refractivity contribution in [3.05, 3.63) is 86.7 Å². The number of hydrogen-bond donors (Lipinski definition) is 1. The summed E-state index contributed by atoms with van der Waals surface area (Å²) in [6.45, 7) is 5.77. The molecule has 1 heterocycles. The number of methoxy groups -OCH3 is 1. The smallest absolute Gasteiger partial charge is 0.340 e. The van der Waals surface area contributed by atoms with Crippen LogP contribution in [0.5, 0.6) is 5.75 Å². The van der Waals surface area contributed by atoms with Gasteiger partial charge in [0.1, 0.15) is 5.75 Å². The second-order valence-corrected chi connectivity index (χ2v) is 7.24. The average Bonchev–Trinajstić information content (AvgIpc) is 3.11. The van der Waals surface area contributed by atoms with Crippen molar-refractivity contribution in [1.29, 1.82) is 0 Å². The number of aryl methyl sites for hydroxylation is 1. The van der Waals surface area contributed by atoms with E-state index in [9.17, 15) is 19.7 Å². The van der Waals surface area contributed by atoms with Gasteiger partial charge in [0.15, 0.2) is 0 Å². The molecule has 10 heteroatoms. The van der Waals surface area contributed by atoms with Crippen LogP contribution < -0.4 is 10.2 Å². The first-order valence-corrected chi connectivity index (χ1v) is 10.4. The number of nitro benzene ring substituents is 1. The molecule has 1 N–H and O–H groups in total. The molecule has 0 bridgehead atoms. The summed E-state index contributed by atoms with van der Waals surface area (Å²) in [5.41, 5.74) is 5.58. The summed E-state index contributed by atoms with van der Waals surface area (Å²) < 4.78 is 12.2. The monoisotopic (exact) mass is 464 g/mol. The third-order valence-electron chi connectivity index (χ3n) is 5.12. The van der Waals surface area contributed by atoms with Crippen LogP contribution in [0.2, 0.25) is 0 Å². The molecule has 0 aliphatic heterocycles. The van der Waals surface area contributed by atoms with Gasteiger partial charge in [0.05, 0.1) is 41.7 Å². The number of hydrogen-bond acceptors (Lipinski definition) is 7. The molecule has 176 valence electrons. The molecule has 34 heavy (non-hydrogen) atoms. The van der Waals surface area contributed by atoms with Crippen molar-refractivity contribution in [3.63, 3.8) is 0 Å². The Balaban J connectivity index is 1.87. The molecule has 10 nitrogen and oxygen atoms in total. The topological polar surface area (TPSA) is 125 Å². The molecule has 0 aliphatic carbocycles. The number of nitrogens with one attached hydrogen (secondary N) is 1. The quantitative estimate of drug-likeness (QED) is 0.233. The van der Waals surface area contributed by atoms with Crippen LogP contribution in [-0.2, 0) is 4.74 Å². The van der Waals surface area contributed by atoms with Crippen LogP contribution in [0.1, 0.15) is 44.6 Å². The Morgan fingerprint density at radius 1 is 1.15 bits per heavy atom. The Kier molecular flexibility index (Phi) is 7.42. The van der Waals surface area contributed by atoms with E-state index in [1.807, 2.05) is 36.6 Å². The Bertz CT molecular complexity index is 1280. The van der Waals surface area contributed by atoms with E-state index in [0.29, 0.717) is 16.8 Å². The number of nitrogens with zero attached hydrogens (tertiary/aromatic N) is 3. The number of para-hydroxylation sites is 1. The minimum absolute atomic E-state index is 0.0114. The fraction of sp³-hybridized carbons (Fsp3) is 0.208. The molecule has 3 aromatic rings. The highest BCUT2D eigenvalue weighted by Gasteiger charge is 2.19. The number of hydrazone groups is 1. The van der Waals surface area contributed by atoms with Crippen LogP contribution >= 0.6 is 0 Å². The van der Waals surface area contributed by atoms with Crippen molar-refractivity contribution < 1.29 is 24.0 Å². The second kappa shape index (κ2) is 10.4. The number of rotatable bonds is 8. The molecular formula is C24H24N4O6. The molecular weight excluding hydrogens is 440 g/mol. The molecule has 0 unspecified atom stereocenters. The number of ether oxygens (including phenoxy) is 2. The van der Waals surface area contributed by atoms with Crippen molar-refractivity contribution in [1.82, 2.24) is 9.99 Å². The van der Waals surface area contributed by atoms with Gasteiger partial charge in [-0.15, -0.1) is 0 Å². The normalized spacial score (nSPS) is 10.8. The van der Waals surface area contributed by atoms with E-state index in [4.69, 9.17) is 9.47 Å². The largest absolute Gasteiger partial charge is 0.496 e. The van der Waals surface area contributed by atoms with Gasteiger partial charge < -0.3 is 14.0 Å². The predicted molar refractivity (Wildman–Crippen MR) is 126 cm³/mol. The molecule has 0 atom stereocenters. The number of benzene rings is 2. The molecule has 3 rings (SSSR count). The zero-order valence-electron chi connectivity index (χ0n) is 19.2. The predicted octanol–water partition coefficient (Wildman–Crippen LogP) is 3.95. The van der Waals surface area contributed by atoms with Crippen molar-refractivity contribution in [2.45, 2.75) is 20.8 Å². The van der Waals surface area contributed by atoms with E-state index in [0.717, 1.165) is 17.5 Å². The second-order valence-electron chi connectivity index (χ2n) is 7.24. The summed E-state index contributed by atoms with van der Waals surface area (Å²) in [6.07, 6.45) is 1.47. The standard InChI is InChI=1S/C24H24N4O6/c1-5-34-24(30)19-8-6-7-9-21(19)27-15(2)12-17(16(27)3)14-25-26-23(29)20-13-18(28(31)32)10-11-22(20)33-4/h6-14H,5H2,1-4H3,(H,26,29)/b25-14-. The van der Waals surface area contributed by atoms with Gasteiger partial charge >= 0.3 is 5.97 Å². The number of carbonyl (C=O) groups excluding carboxylic acids is 2. The molecule has 2 aromatic carbocycles. The fourth-order valence-corrected chi connectivity index (χ4v) is 3.55. The first kappa shape index (κ1) is 24.2. The summed E-state index contributed by atoms with van der Waals surface area (Å²) >= 11 is 0. The molecule has 0 saturated carbocycles. The van der Waals surface area contributed by atoms with E-state index < -0.39 is 16.8 Å². The van der Waals surface area contributed by atoms with E-state index >= 15 is 0 Å². The summed E-state index contributed by atoms with van der Waals surface area (Å²) in [5, 5.41) is 15.0. The Morgan fingerprint density at radius 3 is 2.56 bits per heavy atom. The van der Waals surface area contributed by atoms with Gasteiger partial charge in [0, 0.05) is 29.1 Å². The summed E-state index contributed by atoms with van der Waals surface area (Å²) in [5.74, 6) is -0.885. The van der Waals surface area contributed by atoms with Crippen LogP contribution in [0.4, 0.5) is 5.69 Å². The first-order valence-electron chi connectivity index (χ1n) is 10.4. The van der Waals surface area contributed by atoms with Gasteiger partial charge in [-0.1, -0.05) is 12.1 Å². The molecule has 0 radical (unpaired) electrons. The lowest BCUT2D eigenvalue weighted by atomic mass is 10.1. The Hall–Kier alpha value is -4.47. The minimum Gasteiger partial charge on any atom is -0.496 e. The van der Waals surface area contributed by atoms with Gasteiger partial charge in [-0.05, 0) is 45.0 Å². The Labute approximate surface area is 196 Å². The highest BCUT2D eigenvalue weighted by molar-refractivity contribution is 5.98. The molecule has 1 amide bonds. The first-order chi connectivity index (χ1) is 16.3. The number of esters is 1. The maximum Gasteiger partial charge on any atom is 0.340 e. The van der Waals surface area contributed by atoms with Gasteiger partial charge in [0.25, 0.3) is 11.6 Å². The maximum absolute atomic E-state index is 12.6. The van der Waals surface area contributed by atoms with Crippen LogP contribution in [0.15, 0.2) is 53.6 Å². The third-order valence-corrected chi connectivity index (χ3v) is 5.12. The lowest BCUT2D eigenvalue weighted by molar-refractivity contribution is -0.384. The van der Waals surface area contributed by atoms with Gasteiger partial charge in [0.2, 0.25) is 0 Å². The van der Waals surface area contributed by atoms with Gasteiger partial charge in [-0.2, -0.15) is 5.10 Å². The minimum atomic E-state index is -0.654. The number of carbonyl (C=O) groups is 2. The summed E-state index contributed by atoms with van der Waals surface area (Å²) in [4.78, 5) is 35.4. The molecule has 0 saturated heterocycles. The fourth-order valence-electron chi connectivity index (χ4n) is 3.55. The van der Waals surface area contributed by atoms with Crippen LogP contribution in [0, 0.1) is 24.0 Å². The van der Waals surface area contributed by atoms with E-state index in [2.05, 4.69) is 10.5 Å². The maximum atomic E-state index is 12.6. The van der Waals surface area contributed by atoms with E-state index in [-0.39, 0.29) is 23.6 Å². The van der Waals surface area contributed by atoms with Crippen molar-refractivity contribution >= 4 is 23.8 Å². The van der Waals surface area contributed by atoms with E-state index in [1.165, 1.54) is 25.5 Å². The van der Waals surface area contributed by atoms with E-state index in [1.54, 1.807) is 19.1 Å². The van der Waals surface area contributed by atoms with Crippen molar-refractivity contribution in [2.75, 3.05) is 13.7 Å². The average molecular weight is 464 g/mol. The summed E-state index contributed by atoms with van der Waals surface area (Å²) in [6, 6.07) is 12.7. The highest BCUT2D eigenvalue weighted by atomic mass is 16.6.